The Bertz CT molecular complexity index is 866. The van der Waals surface area contributed by atoms with Crippen molar-refractivity contribution in [3.8, 4) is 17.2 Å². The van der Waals surface area contributed by atoms with Crippen LogP contribution in [-0.4, -0.2) is 20.8 Å². The highest BCUT2D eigenvalue weighted by molar-refractivity contribution is 5.51. The van der Waals surface area contributed by atoms with Gasteiger partial charge in [0.1, 0.15) is 12.4 Å². The van der Waals surface area contributed by atoms with Crippen molar-refractivity contribution in [2.75, 3.05) is 20.8 Å². The van der Waals surface area contributed by atoms with Gasteiger partial charge in [-0.2, -0.15) is 0 Å². The standard InChI is InChI=1S/C17H18O3.C8H11N/c1-18-16-10-14-8-5-9-19-15(14)11-17(16)20-12-13-6-3-2-4-7-13;1-9-7-8-5-3-2-4-6-8/h2-4,6-7,10-11H,5,8-9,12H2,1H3;2-6,9H,7H2,1H3. The fraction of sp³-hybridized carbons (Fsp3) is 0.280. The van der Waals surface area contributed by atoms with Crippen molar-refractivity contribution in [1.29, 1.82) is 0 Å². The molecular formula is C25H29NO3. The second-order valence-electron chi connectivity index (χ2n) is 6.85. The number of methoxy groups -OCH3 is 1. The van der Waals surface area contributed by atoms with Gasteiger partial charge in [-0.3, -0.25) is 0 Å². The highest BCUT2D eigenvalue weighted by Crippen LogP contribution is 2.37. The Balaban J connectivity index is 0.000000224. The van der Waals surface area contributed by atoms with E-state index < -0.39 is 0 Å². The van der Waals surface area contributed by atoms with Gasteiger partial charge in [-0.15, -0.1) is 0 Å². The Kier molecular flexibility index (Phi) is 7.96. The van der Waals surface area contributed by atoms with Gasteiger partial charge in [0.05, 0.1) is 13.7 Å². The minimum absolute atomic E-state index is 0.524. The molecule has 0 atom stereocenters. The molecule has 1 aliphatic rings. The second kappa shape index (κ2) is 11.1. The zero-order chi connectivity index (χ0) is 20.3. The maximum absolute atomic E-state index is 5.88. The van der Waals surface area contributed by atoms with Crippen LogP contribution in [0, 0.1) is 0 Å². The Morgan fingerprint density at radius 3 is 2.24 bits per heavy atom. The average molecular weight is 392 g/mol. The van der Waals surface area contributed by atoms with Gasteiger partial charge in [0, 0.05) is 12.6 Å². The number of benzene rings is 3. The van der Waals surface area contributed by atoms with Gasteiger partial charge in [0.2, 0.25) is 0 Å². The first-order valence-electron chi connectivity index (χ1n) is 9.99. The van der Waals surface area contributed by atoms with E-state index in [0.717, 1.165) is 48.8 Å². The summed E-state index contributed by atoms with van der Waals surface area (Å²) in [6, 6.07) is 24.4. The van der Waals surface area contributed by atoms with Crippen molar-refractivity contribution in [3.05, 3.63) is 89.5 Å². The van der Waals surface area contributed by atoms with Crippen LogP contribution in [0.25, 0.3) is 0 Å². The topological polar surface area (TPSA) is 39.7 Å². The van der Waals surface area contributed by atoms with Crippen LogP contribution in [-0.2, 0) is 19.6 Å². The lowest BCUT2D eigenvalue weighted by molar-refractivity contribution is 0.267. The SMILES string of the molecule is CNCc1ccccc1.COc1cc2c(cc1OCc1ccccc1)OCCC2. The summed E-state index contributed by atoms with van der Waals surface area (Å²) in [6.45, 7) is 2.26. The Morgan fingerprint density at radius 1 is 0.897 bits per heavy atom. The quantitative estimate of drug-likeness (QED) is 0.641. The van der Waals surface area contributed by atoms with Crippen LogP contribution in [0.1, 0.15) is 23.1 Å². The van der Waals surface area contributed by atoms with Crippen LogP contribution in [0.2, 0.25) is 0 Å². The van der Waals surface area contributed by atoms with Crippen molar-refractivity contribution in [2.24, 2.45) is 0 Å². The lowest BCUT2D eigenvalue weighted by Gasteiger charge is -2.20. The minimum Gasteiger partial charge on any atom is -0.493 e. The summed E-state index contributed by atoms with van der Waals surface area (Å²) >= 11 is 0. The first-order valence-corrected chi connectivity index (χ1v) is 9.99. The monoisotopic (exact) mass is 391 g/mol. The molecule has 0 aliphatic carbocycles. The van der Waals surface area contributed by atoms with Crippen molar-refractivity contribution in [3.63, 3.8) is 0 Å². The molecule has 0 radical (unpaired) electrons. The lowest BCUT2D eigenvalue weighted by Crippen LogP contribution is -2.09. The molecule has 0 fully saturated rings. The summed E-state index contributed by atoms with van der Waals surface area (Å²) in [6.07, 6.45) is 2.09. The molecule has 1 N–H and O–H groups in total. The summed E-state index contributed by atoms with van der Waals surface area (Å²) in [5.74, 6) is 2.42. The highest BCUT2D eigenvalue weighted by atomic mass is 16.5. The van der Waals surface area contributed by atoms with E-state index >= 15 is 0 Å². The molecule has 152 valence electrons. The number of hydrogen-bond acceptors (Lipinski definition) is 4. The number of nitrogens with one attached hydrogen (secondary N) is 1. The molecule has 0 aromatic heterocycles. The molecule has 4 heteroatoms. The number of ether oxygens (including phenoxy) is 3. The molecular weight excluding hydrogens is 362 g/mol. The molecule has 0 unspecified atom stereocenters. The Morgan fingerprint density at radius 2 is 1.59 bits per heavy atom. The second-order valence-corrected chi connectivity index (χ2v) is 6.85. The van der Waals surface area contributed by atoms with E-state index in [1.165, 1.54) is 11.1 Å². The smallest absolute Gasteiger partial charge is 0.165 e. The van der Waals surface area contributed by atoms with Crippen LogP contribution in [0.5, 0.6) is 17.2 Å². The molecule has 0 saturated carbocycles. The molecule has 4 nitrogen and oxygen atoms in total. The van der Waals surface area contributed by atoms with Gasteiger partial charge in [0.25, 0.3) is 0 Å². The summed E-state index contributed by atoms with van der Waals surface area (Å²) in [4.78, 5) is 0. The third-order valence-corrected chi connectivity index (χ3v) is 4.66. The predicted molar refractivity (Wildman–Crippen MR) is 117 cm³/mol. The Labute approximate surface area is 173 Å². The van der Waals surface area contributed by atoms with Crippen LogP contribution in [0.15, 0.2) is 72.8 Å². The third-order valence-electron chi connectivity index (χ3n) is 4.66. The predicted octanol–water partition coefficient (Wildman–Crippen LogP) is 5.01. The van der Waals surface area contributed by atoms with E-state index in [9.17, 15) is 0 Å². The minimum atomic E-state index is 0.524. The zero-order valence-corrected chi connectivity index (χ0v) is 17.2. The summed E-state index contributed by atoms with van der Waals surface area (Å²) < 4.78 is 17.0. The first-order chi connectivity index (χ1) is 14.3. The van der Waals surface area contributed by atoms with Crippen molar-refractivity contribution in [1.82, 2.24) is 5.32 Å². The fourth-order valence-corrected chi connectivity index (χ4v) is 3.17. The molecule has 0 amide bonds. The van der Waals surface area contributed by atoms with E-state index in [1.807, 2.05) is 67.7 Å². The van der Waals surface area contributed by atoms with E-state index in [1.54, 1.807) is 7.11 Å². The fourth-order valence-electron chi connectivity index (χ4n) is 3.17. The molecule has 29 heavy (non-hydrogen) atoms. The molecule has 3 aromatic rings. The van der Waals surface area contributed by atoms with Crippen LogP contribution < -0.4 is 19.5 Å². The molecule has 0 spiro atoms. The summed E-state index contributed by atoms with van der Waals surface area (Å²) in [5.41, 5.74) is 3.66. The highest BCUT2D eigenvalue weighted by Gasteiger charge is 2.16. The number of fused-ring (bicyclic) bond motifs is 1. The van der Waals surface area contributed by atoms with Crippen molar-refractivity contribution in [2.45, 2.75) is 26.0 Å². The number of hydrogen-bond donors (Lipinski definition) is 1. The molecule has 3 aromatic carbocycles. The third kappa shape index (κ3) is 6.26. The summed E-state index contributed by atoms with van der Waals surface area (Å²) in [7, 11) is 3.62. The van der Waals surface area contributed by atoms with Gasteiger partial charge in [-0.25, -0.2) is 0 Å². The first kappa shape index (κ1) is 20.7. The normalized spacial score (nSPS) is 12.1. The maximum Gasteiger partial charge on any atom is 0.165 e. The largest absolute Gasteiger partial charge is 0.493 e. The maximum atomic E-state index is 5.88. The average Bonchev–Trinajstić information content (AvgIpc) is 2.79. The van der Waals surface area contributed by atoms with E-state index in [-0.39, 0.29) is 0 Å². The number of aryl methyl sites for hydroxylation is 1. The molecule has 4 rings (SSSR count). The van der Waals surface area contributed by atoms with Crippen molar-refractivity contribution >= 4 is 0 Å². The zero-order valence-electron chi connectivity index (χ0n) is 17.2. The van der Waals surface area contributed by atoms with Gasteiger partial charge in [-0.05, 0) is 42.6 Å². The molecule has 1 heterocycles. The van der Waals surface area contributed by atoms with Crippen LogP contribution in [0.4, 0.5) is 0 Å². The van der Waals surface area contributed by atoms with Crippen molar-refractivity contribution < 1.29 is 14.2 Å². The van der Waals surface area contributed by atoms with Gasteiger partial charge < -0.3 is 19.5 Å². The van der Waals surface area contributed by atoms with Crippen LogP contribution in [0.3, 0.4) is 0 Å². The Hall–Kier alpha value is -2.98. The van der Waals surface area contributed by atoms with E-state index in [0.29, 0.717) is 6.61 Å². The van der Waals surface area contributed by atoms with E-state index in [2.05, 4.69) is 17.4 Å². The van der Waals surface area contributed by atoms with E-state index in [4.69, 9.17) is 14.2 Å². The number of rotatable bonds is 6. The molecule has 0 saturated heterocycles. The van der Waals surface area contributed by atoms with Gasteiger partial charge >= 0.3 is 0 Å². The summed E-state index contributed by atoms with van der Waals surface area (Å²) in [5, 5.41) is 3.08. The van der Waals surface area contributed by atoms with Gasteiger partial charge in [0.15, 0.2) is 11.5 Å². The van der Waals surface area contributed by atoms with Crippen LogP contribution >= 0.6 is 0 Å². The molecule has 1 aliphatic heterocycles. The van der Waals surface area contributed by atoms with Gasteiger partial charge in [-0.1, -0.05) is 60.7 Å². The lowest BCUT2D eigenvalue weighted by atomic mass is 10.1. The molecule has 0 bridgehead atoms.